The summed E-state index contributed by atoms with van der Waals surface area (Å²) in [7, 11) is 0. The summed E-state index contributed by atoms with van der Waals surface area (Å²) in [6, 6.07) is 0. The van der Waals surface area contributed by atoms with Crippen LogP contribution < -0.4 is 0 Å². The van der Waals surface area contributed by atoms with Crippen LogP contribution in [-0.4, -0.2) is 23.3 Å². The molecular weight excluding hydrogens is 252 g/mol. The van der Waals surface area contributed by atoms with Crippen LogP contribution in [0.4, 0.5) is 0 Å². The predicted molar refractivity (Wildman–Crippen MR) is 79.1 cm³/mol. The maximum absolute atomic E-state index is 11.5. The van der Waals surface area contributed by atoms with E-state index in [-0.39, 0.29) is 29.5 Å². The Balaban J connectivity index is 2.40. The number of aliphatic hydroxyl groups excluding tert-OH is 1. The van der Waals surface area contributed by atoms with Crippen molar-refractivity contribution in [3.63, 3.8) is 0 Å². The van der Waals surface area contributed by atoms with Crippen molar-refractivity contribution in [2.45, 2.75) is 66.1 Å². The third-order valence-corrected chi connectivity index (χ3v) is 5.55. The van der Waals surface area contributed by atoms with Crippen LogP contribution in [0.1, 0.15) is 53.9 Å². The molecule has 2 aliphatic rings. The summed E-state index contributed by atoms with van der Waals surface area (Å²) >= 11 is 0. The molecule has 0 amide bonds. The molecule has 20 heavy (non-hydrogen) atoms. The van der Waals surface area contributed by atoms with Gasteiger partial charge in [0.25, 0.3) is 0 Å². The minimum Gasteiger partial charge on any atom is -0.462 e. The first-order valence-electron chi connectivity index (χ1n) is 7.79. The highest BCUT2D eigenvalue weighted by atomic mass is 16.5. The maximum Gasteiger partial charge on any atom is 0.302 e. The lowest BCUT2D eigenvalue weighted by Gasteiger charge is -2.54. The third-order valence-electron chi connectivity index (χ3n) is 5.55. The summed E-state index contributed by atoms with van der Waals surface area (Å²) in [5, 5.41) is 10.5. The van der Waals surface area contributed by atoms with Crippen molar-refractivity contribution < 1.29 is 14.6 Å². The lowest BCUT2D eigenvalue weighted by molar-refractivity contribution is -0.169. The molecule has 2 aliphatic carbocycles. The highest BCUT2D eigenvalue weighted by Crippen LogP contribution is 2.54. The van der Waals surface area contributed by atoms with E-state index in [4.69, 9.17) is 4.74 Å². The summed E-state index contributed by atoms with van der Waals surface area (Å²) in [5.74, 6) is 0.801. The number of hydrogen-bond acceptors (Lipinski definition) is 3. The number of carbonyl (C=O) groups excluding carboxylic acids is 1. The van der Waals surface area contributed by atoms with Gasteiger partial charge in [-0.25, -0.2) is 0 Å². The van der Waals surface area contributed by atoms with Gasteiger partial charge in [0.1, 0.15) is 6.10 Å². The maximum atomic E-state index is 11.5. The summed E-state index contributed by atoms with van der Waals surface area (Å²) in [4.78, 5) is 11.5. The zero-order valence-electron chi connectivity index (χ0n) is 13.3. The van der Waals surface area contributed by atoms with E-state index in [9.17, 15) is 9.90 Å². The van der Waals surface area contributed by atoms with Gasteiger partial charge >= 0.3 is 5.97 Å². The molecule has 0 aromatic heterocycles. The van der Waals surface area contributed by atoms with Gasteiger partial charge in [0.2, 0.25) is 0 Å². The van der Waals surface area contributed by atoms with Crippen LogP contribution in [0.2, 0.25) is 0 Å². The fourth-order valence-electron chi connectivity index (χ4n) is 4.33. The molecule has 1 N–H and O–H groups in total. The second-order valence-corrected chi connectivity index (χ2v) is 7.20. The number of aliphatic hydroxyl groups is 1. The summed E-state index contributed by atoms with van der Waals surface area (Å²) in [5.41, 5.74) is 1.11. The minimum absolute atomic E-state index is 0.0996. The summed E-state index contributed by atoms with van der Waals surface area (Å²) < 4.78 is 5.73. The normalized spacial score (nSPS) is 41.0. The highest BCUT2D eigenvalue weighted by molar-refractivity contribution is 5.66. The van der Waals surface area contributed by atoms with Crippen LogP contribution in [0.25, 0.3) is 0 Å². The highest BCUT2D eigenvalue weighted by Gasteiger charge is 2.53. The van der Waals surface area contributed by atoms with Crippen LogP contribution in [0, 0.1) is 23.2 Å². The second kappa shape index (κ2) is 5.51. The number of ether oxygens (including phenoxy) is 1. The van der Waals surface area contributed by atoms with Crippen molar-refractivity contribution in [3.8, 4) is 0 Å². The smallest absolute Gasteiger partial charge is 0.302 e. The first kappa shape index (κ1) is 15.6. The van der Waals surface area contributed by atoms with E-state index in [1.807, 2.05) is 0 Å². The van der Waals surface area contributed by atoms with E-state index < -0.39 is 0 Å². The Morgan fingerprint density at radius 2 is 2.15 bits per heavy atom. The first-order valence-corrected chi connectivity index (χ1v) is 7.79. The van der Waals surface area contributed by atoms with Gasteiger partial charge in [-0.1, -0.05) is 32.4 Å². The molecule has 2 rings (SSSR count). The van der Waals surface area contributed by atoms with Gasteiger partial charge in [-0.2, -0.15) is 0 Å². The molecule has 1 saturated carbocycles. The van der Waals surface area contributed by atoms with E-state index in [0.29, 0.717) is 11.8 Å². The Labute approximate surface area is 122 Å². The van der Waals surface area contributed by atoms with Gasteiger partial charge in [0.15, 0.2) is 0 Å². The fraction of sp³-hybridized carbons (Fsp3) is 0.824. The lowest BCUT2D eigenvalue weighted by atomic mass is 9.54. The molecule has 0 aliphatic heterocycles. The monoisotopic (exact) mass is 280 g/mol. The van der Waals surface area contributed by atoms with Crippen molar-refractivity contribution in [3.05, 3.63) is 11.6 Å². The molecule has 0 bridgehead atoms. The molecule has 0 saturated heterocycles. The van der Waals surface area contributed by atoms with Gasteiger partial charge in [-0.15, -0.1) is 0 Å². The quantitative estimate of drug-likeness (QED) is 0.623. The summed E-state index contributed by atoms with van der Waals surface area (Å²) in [6.45, 7) is 10.2. The van der Waals surface area contributed by atoms with E-state index in [1.165, 1.54) is 12.5 Å². The topological polar surface area (TPSA) is 46.5 Å². The SMILES string of the molecule is CC(=O)O[C@H]1[C@H]2C(C)=CC[C@@H](O)[C@]2(C)CC[C@H]1C(C)C. The van der Waals surface area contributed by atoms with E-state index in [1.54, 1.807) is 0 Å². The molecule has 0 heterocycles. The molecule has 114 valence electrons. The fourth-order valence-corrected chi connectivity index (χ4v) is 4.33. The first-order chi connectivity index (χ1) is 9.27. The summed E-state index contributed by atoms with van der Waals surface area (Å²) in [6.07, 6.45) is 4.44. The van der Waals surface area contributed by atoms with Crippen molar-refractivity contribution in [2.75, 3.05) is 0 Å². The average molecular weight is 280 g/mol. The van der Waals surface area contributed by atoms with Crippen molar-refractivity contribution in [1.82, 2.24) is 0 Å². The van der Waals surface area contributed by atoms with E-state index in [2.05, 4.69) is 33.8 Å². The Bertz CT molecular complexity index is 412. The third kappa shape index (κ3) is 2.52. The Hall–Kier alpha value is -0.830. The average Bonchev–Trinajstić information content (AvgIpc) is 2.33. The molecule has 3 heteroatoms. The molecule has 1 fully saturated rings. The van der Waals surface area contributed by atoms with E-state index in [0.717, 1.165) is 19.3 Å². The Morgan fingerprint density at radius 3 is 2.70 bits per heavy atom. The van der Waals surface area contributed by atoms with Crippen LogP contribution in [0.15, 0.2) is 11.6 Å². The van der Waals surface area contributed by atoms with Crippen LogP contribution in [-0.2, 0) is 9.53 Å². The van der Waals surface area contributed by atoms with Crippen LogP contribution in [0.5, 0.6) is 0 Å². The standard InChI is InChI=1S/C17H28O3/c1-10(2)13-8-9-17(5)14(19)7-6-11(3)15(17)16(13)20-12(4)18/h6,10,13-16,19H,7-9H2,1-5H3/t13-,14+,15+,16+,17-/m0/s1. The molecule has 0 radical (unpaired) electrons. The zero-order valence-corrected chi connectivity index (χ0v) is 13.3. The molecule has 0 unspecified atom stereocenters. The van der Waals surface area contributed by atoms with Crippen LogP contribution in [0.3, 0.4) is 0 Å². The molecule has 0 aromatic carbocycles. The second-order valence-electron chi connectivity index (χ2n) is 7.20. The molecular formula is C17H28O3. The van der Waals surface area contributed by atoms with Crippen molar-refractivity contribution >= 4 is 5.97 Å². The lowest BCUT2D eigenvalue weighted by Crippen LogP contribution is -2.55. The van der Waals surface area contributed by atoms with Crippen molar-refractivity contribution in [1.29, 1.82) is 0 Å². The molecule has 3 nitrogen and oxygen atoms in total. The van der Waals surface area contributed by atoms with Gasteiger partial charge < -0.3 is 9.84 Å². The number of carbonyl (C=O) groups is 1. The van der Waals surface area contributed by atoms with E-state index >= 15 is 0 Å². The van der Waals surface area contributed by atoms with Crippen molar-refractivity contribution in [2.24, 2.45) is 23.2 Å². The van der Waals surface area contributed by atoms with Gasteiger partial charge in [-0.3, -0.25) is 4.79 Å². The molecule has 0 spiro atoms. The van der Waals surface area contributed by atoms with Crippen LogP contribution >= 0.6 is 0 Å². The van der Waals surface area contributed by atoms with Gasteiger partial charge in [-0.05, 0) is 38.0 Å². The predicted octanol–water partition coefficient (Wildman–Crippen LogP) is 3.32. The van der Waals surface area contributed by atoms with Gasteiger partial charge in [0.05, 0.1) is 6.10 Å². The molecule has 5 atom stereocenters. The Morgan fingerprint density at radius 1 is 1.50 bits per heavy atom. The molecule has 0 aromatic rings. The minimum atomic E-state index is -0.331. The Kier molecular flexibility index (Phi) is 4.29. The van der Waals surface area contributed by atoms with Gasteiger partial charge in [0, 0.05) is 18.3 Å². The largest absolute Gasteiger partial charge is 0.462 e. The number of hydrogen-bond donors (Lipinski definition) is 1. The number of esters is 1. The zero-order chi connectivity index (χ0) is 15.1. The number of rotatable bonds is 2. The number of fused-ring (bicyclic) bond motifs is 1.